The molecule has 0 saturated heterocycles. The summed E-state index contributed by atoms with van der Waals surface area (Å²) in [5.41, 5.74) is 3.17. The Morgan fingerprint density at radius 3 is 2.88 bits per heavy atom. The molecule has 1 amide bonds. The van der Waals surface area contributed by atoms with Gasteiger partial charge in [-0.2, -0.15) is 5.10 Å². The number of thiophene rings is 1. The third-order valence-electron chi connectivity index (χ3n) is 3.92. The maximum absolute atomic E-state index is 11.9. The Morgan fingerprint density at radius 1 is 1.28 bits per heavy atom. The van der Waals surface area contributed by atoms with Crippen LogP contribution in [0.4, 0.5) is 0 Å². The molecule has 0 aliphatic heterocycles. The largest absolute Gasteiger partial charge is 0.352 e. The van der Waals surface area contributed by atoms with Gasteiger partial charge in [0.15, 0.2) is 5.82 Å². The third kappa shape index (κ3) is 4.22. The molecule has 25 heavy (non-hydrogen) atoms. The molecule has 0 unspecified atom stereocenters. The maximum Gasteiger partial charge on any atom is 0.244 e. The molecule has 0 atom stereocenters. The normalized spacial score (nSPS) is 11.1. The van der Waals surface area contributed by atoms with Gasteiger partial charge in [-0.25, -0.2) is 9.67 Å². The molecule has 3 rings (SSSR count). The van der Waals surface area contributed by atoms with Crippen molar-refractivity contribution in [3.63, 3.8) is 0 Å². The zero-order valence-corrected chi connectivity index (χ0v) is 15.1. The predicted octanol–water partition coefficient (Wildman–Crippen LogP) is 3.32. The van der Waals surface area contributed by atoms with E-state index >= 15 is 0 Å². The number of rotatable bonds is 6. The van der Waals surface area contributed by atoms with Crippen molar-refractivity contribution < 1.29 is 4.79 Å². The molecule has 0 aliphatic rings. The van der Waals surface area contributed by atoms with Crippen molar-refractivity contribution in [2.45, 2.75) is 20.3 Å². The van der Waals surface area contributed by atoms with E-state index in [2.05, 4.69) is 15.4 Å². The van der Waals surface area contributed by atoms with E-state index in [9.17, 15) is 4.79 Å². The Labute approximate surface area is 151 Å². The molecular formula is C19H20N4OS. The van der Waals surface area contributed by atoms with E-state index in [0.29, 0.717) is 6.54 Å². The monoisotopic (exact) mass is 352 g/mol. The van der Waals surface area contributed by atoms with Crippen LogP contribution in [0, 0.1) is 13.8 Å². The molecule has 0 aliphatic carbocycles. The zero-order chi connectivity index (χ0) is 17.6. The summed E-state index contributed by atoms with van der Waals surface area (Å²) in [5.74, 6) is 0.720. The summed E-state index contributed by atoms with van der Waals surface area (Å²) in [6.45, 7) is 4.59. The topological polar surface area (TPSA) is 59.8 Å². The molecule has 0 spiro atoms. The van der Waals surface area contributed by atoms with Gasteiger partial charge in [-0.1, -0.05) is 12.1 Å². The Hall–Kier alpha value is -2.73. The first-order valence-electron chi connectivity index (χ1n) is 8.11. The van der Waals surface area contributed by atoms with E-state index in [1.165, 1.54) is 0 Å². The van der Waals surface area contributed by atoms with Gasteiger partial charge in [-0.15, -0.1) is 11.3 Å². The highest BCUT2D eigenvalue weighted by molar-refractivity contribution is 7.10. The van der Waals surface area contributed by atoms with Crippen LogP contribution in [0.1, 0.15) is 21.8 Å². The third-order valence-corrected chi connectivity index (χ3v) is 4.76. The Morgan fingerprint density at radius 2 is 2.16 bits per heavy atom. The van der Waals surface area contributed by atoms with Gasteiger partial charge >= 0.3 is 0 Å². The molecule has 3 aromatic heterocycles. The van der Waals surface area contributed by atoms with Crippen molar-refractivity contribution in [1.82, 2.24) is 20.1 Å². The van der Waals surface area contributed by atoms with Crippen LogP contribution in [0.25, 0.3) is 11.9 Å². The quantitative estimate of drug-likeness (QED) is 0.692. The molecule has 3 aromatic rings. The number of nitrogens with one attached hydrogen (secondary N) is 1. The standard InChI is InChI=1S/C19H20N4OS/c1-14-17(15(2)23(22-14)18-7-3-4-11-20-18)10-12-21-19(24)9-8-16-6-5-13-25-16/h3-9,11,13H,10,12H2,1-2H3,(H,21,24)/b9-8+. The molecule has 1 N–H and O–H groups in total. The maximum atomic E-state index is 11.9. The Bertz CT molecular complexity index is 866. The van der Waals surface area contributed by atoms with Gasteiger partial charge in [0.25, 0.3) is 0 Å². The second kappa shape index (κ2) is 7.90. The van der Waals surface area contributed by atoms with Crippen LogP contribution in [-0.4, -0.2) is 27.2 Å². The van der Waals surface area contributed by atoms with Gasteiger partial charge in [0.1, 0.15) is 0 Å². The first-order valence-corrected chi connectivity index (χ1v) is 8.99. The minimum atomic E-state index is -0.0826. The molecule has 0 fully saturated rings. The lowest BCUT2D eigenvalue weighted by molar-refractivity contribution is -0.116. The number of aromatic nitrogens is 3. The van der Waals surface area contributed by atoms with E-state index in [0.717, 1.165) is 34.1 Å². The average molecular weight is 352 g/mol. The summed E-state index contributed by atoms with van der Waals surface area (Å²) in [6, 6.07) is 9.70. The van der Waals surface area contributed by atoms with Crippen molar-refractivity contribution in [3.8, 4) is 5.82 Å². The van der Waals surface area contributed by atoms with Gasteiger partial charge in [0.2, 0.25) is 5.91 Å². The van der Waals surface area contributed by atoms with Crippen LogP contribution in [0.3, 0.4) is 0 Å². The van der Waals surface area contributed by atoms with E-state index in [-0.39, 0.29) is 5.91 Å². The molecule has 0 radical (unpaired) electrons. The summed E-state index contributed by atoms with van der Waals surface area (Å²) in [5, 5.41) is 9.49. The van der Waals surface area contributed by atoms with Crippen molar-refractivity contribution in [3.05, 3.63) is 69.8 Å². The molecule has 0 bridgehead atoms. The Balaban J connectivity index is 1.60. The molecule has 5 nitrogen and oxygen atoms in total. The number of nitrogens with zero attached hydrogens (tertiary/aromatic N) is 3. The number of carbonyl (C=O) groups excluding carboxylic acids is 1. The van der Waals surface area contributed by atoms with Gasteiger partial charge in [0.05, 0.1) is 5.69 Å². The van der Waals surface area contributed by atoms with Crippen LogP contribution in [-0.2, 0) is 11.2 Å². The lowest BCUT2D eigenvalue weighted by atomic mass is 10.1. The second-order valence-electron chi connectivity index (χ2n) is 5.64. The van der Waals surface area contributed by atoms with Crippen molar-refractivity contribution >= 4 is 23.3 Å². The number of hydrogen-bond donors (Lipinski definition) is 1. The summed E-state index contributed by atoms with van der Waals surface area (Å²) in [4.78, 5) is 17.3. The summed E-state index contributed by atoms with van der Waals surface area (Å²) < 4.78 is 1.85. The first-order chi connectivity index (χ1) is 12.1. The molecule has 6 heteroatoms. The van der Waals surface area contributed by atoms with Crippen LogP contribution in [0.15, 0.2) is 48.0 Å². The van der Waals surface area contributed by atoms with Crippen molar-refractivity contribution in [2.75, 3.05) is 6.54 Å². The highest BCUT2D eigenvalue weighted by atomic mass is 32.1. The lowest BCUT2D eigenvalue weighted by Gasteiger charge is -2.05. The van der Waals surface area contributed by atoms with Crippen LogP contribution >= 0.6 is 11.3 Å². The highest BCUT2D eigenvalue weighted by Crippen LogP contribution is 2.16. The minimum Gasteiger partial charge on any atom is -0.352 e. The van der Waals surface area contributed by atoms with Crippen molar-refractivity contribution in [1.29, 1.82) is 0 Å². The molecule has 0 saturated carbocycles. The number of aryl methyl sites for hydroxylation is 1. The number of pyridine rings is 1. The van der Waals surface area contributed by atoms with Crippen LogP contribution in [0.2, 0.25) is 0 Å². The average Bonchev–Trinajstić information content (AvgIpc) is 3.24. The molecule has 3 heterocycles. The zero-order valence-electron chi connectivity index (χ0n) is 14.3. The van der Waals surface area contributed by atoms with Gasteiger partial charge < -0.3 is 5.32 Å². The fourth-order valence-electron chi connectivity index (χ4n) is 2.65. The van der Waals surface area contributed by atoms with Gasteiger partial charge in [-0.3, -0.25) is 4.79 Å². The molecular weight excluding hydrogens is 332 g/mol. The van der Waals surface area contributed by atoms with Crippen LogP contribution in [0.5, 0.6) is 0 Å². The van der Waals surface area contributed by atoms with E-state index in [1.54, 1.807) is 23.6 Å². The molecule has 128 valence electrons. The number of carbonyl (C=O) groups is 1. The van der Waals surface area contributed by atoms with Crippen molar-refractivity contribution in [2.24, 2.45) is 0 Å². The fourth-order valence-corrected chi connectivity index (χ4v) is 3.27. The number of amides is 1. The van der Waals surface area contributed by atoms with Gasteiger partial charge in [0, 0.05) is 29.4 Å². The predicted molar refractivity (Wildman–Crippen MR) is 101 cm³/mol. The highest BCUT2D eigenvalue weighted by Gasteiger charge is 2.13. The first kappa shape index (κ1) is 17.1. The van der Waals surface area contributed by atoms with Crippen LogP contribution < -0.4 is 5.32 Å². The summed E-state index contributed by atoms with van der Waals surface area (Å²) in [7, 11) is 0. The summed E-state index contributed by atoms with van der Waals surface area (Å²) >= 11 is 1.61. The summed E-state index contributed by atoms with van der Waals surface area (Å²) in [6.07, 6.45) is 5.90. The Kier molecular flexibility index (Phi) is 5.40. The van der Waals surface area contributed by atoms with E-state index in [1.807, 2.05) is 60.3 Å². The van der Waals surface area contributed by atoms with Gasteiger partial charge in [-0.05, 0) is 55.5 Å². The fraction of sp³-hybridized carbons (Fsp3) is 0.211. The smallest absolute Gasteiger partial charge is 0.244 e. The van der Waals surface area contributed by atoms with E-state index < -0.39 is 0 Å². The second-order valence-corrected chi connectivity index (χ2v) is 6.62. The van der Waals surface area contributed by atoms with E-state index in [4.69, 9.17) is 0 Å². The lowest BCUT2D eigenvalue weighted by Crippen LogP contribution is -2.23. The SMILES string of the molecule is Cc1nn(-c2ccccn2)c(C)c1CCNC(=O)/C=C/c1cccs1. The number of hydrogen-bond acceptors (Lipinski definition) is 4. The molecule has 0 aromatic carbocycles. The minimum absolute atomic E-state index is 0.0826.